The number of nitrogens with one attached hydrogen (secondary N) is 1. The van der Waals surface area contributed by atoms with Crippen molar-refractivity contribution in [3.8, 4) is 0 Å². The zero-order valence-corrected chi connectivity index (χ0v) is 17.4. The lowest BCUT2D eigenvalue weighted by Crippen LogP contribution is -2.32. The molecule has 0 spiro atoms. The quantitative estimate of drug-likeness (QED) is 0.544. The molecule has 1 aliphatic rings. The number of carbonyl (C=O) groups is 1. The summed E-state index contributed by atoms with van der Waals surface area (Å²) < 4.78 is 6.94. The first kappa shape index (κ1) is 19.4. The molecule has 2 aromatic heterocycles. The fourth-order valence-electron chi connectivity index (χ4n) is 4.11. The first-order chi connectivity index (χ1) is 15.1. The molecule has 31 heavy (non-hydrogen) atoms. The monoisotopic (exact) mass is 416 g/mol. The molecular weight excluding hydrogens is 392 g/mol. The minimum Gasteiger partial charge on any atom is -0.448 e. The highest BCUT2D eigenvalue weighted by atomic mass is 16.3. The third kappa shape index (κ3) is 3.79. The summed E-state index contributed by atoms with van der Waals surface area (Å²) in [6.45, 7) is 4.29. The van der Waals surface area contributed by atoms with Gasteiger partial charge in [0.15, 0.2) is 0 Å². The van der Waals surface area contributed by atoms with Gasteiger partial charge in [0.05, 0.1) is 6.33 Å². The normalized spacial score (nSPS) is 14.9. The van der Waals surface area contributed by atoms with E-state index in [1.165, 1.54) is 29.4 Å². The molecule has 4 aromatic rings. The summed E-state index contributed by atoms with van der Waals surface area (Å²) in [5.74, 6) is 0.491. The van der Waals surface area contributed by atoms with Crippen LogP contribution in [0.5, 0.6) is 0 Å². The van der Waals surface area contributed by atoms with E-state index in [1.54, 1.807) is 6.07 Å². The molecule has 158 valence electrons. The van der Waals surface area contributed by atoms with E-state index in [4.69, 9.17) is 4.42 Å². The number of hydrogen-bond acceptors (Lipinski definition) is 5. The van der Waals surface area contributed by atoms with Gasteiger partial charge in [-0.1, -0.05) is 19.1 Å². The van der Waals surface area contributed by atoms with E-state index in [0.29, 0.717) is 16.8 Å². The van der Waals surface area contributed by atoms with Crippen molar-refractivity contribution in [2.45, 2.75) is 26.3 Å². The summed E-state index contributed by atoms with van der Waals surface area (Å²) in [4.78, 5) is 32.0. The molecule has 0 bridgehead atoms. The molecule has 1 fully saturated rings. The molecular formula is C24H24N4O3. The zero-order valence-electron chi connectivity index (χ0n) is 17.4. The highest BCUT2D eigenvalue weighted by Gasteiger charge is 2.17. The Labute approximate surface area is 179 Å². The number of anilines is 2. The largest absolute Gasteiger partial charge is 0.448 e. The Bertz CT molecular complexity index is 1300. The molecule has 0 atom stereocenters. The Morgan fingerprint density at radius 2 is 1.87 bits per heavy atom. The number of benzene rings is 2. The third-order valence-corrected chi connectivity index (χ3v) is 5.96. The van der Waals surface area contributed by atoms with Crippen molar-refractivity contribution < 1.29 is 9.21 Å². The number of nitrogens with zero attached hydrogens (tertiary/aromatic N) is 3. The summed E-state index contributed by atoms with van der Waals surface area (Å²) >= 11 is 0. The average molecular weight is 416 g/mol. The van der Waals surface area contributed by atoms with Gasteiger partial charge in [-0.15, -0.1) is 0 Å². The molecule has 1 aliphatic heterocycles. The van der Waals surface area contributed by atoms with Gasteiger partial charge in [0.2, 0.25) is 11.5 Å². The van der Waals surface area contributed by atoms with Crippen molar-refractivity contribution in [1.82, 2.24) is 9.55 Å². The standard InChI is InChI=1S/C24H24N4O3/c1-16-10-12-27(13-11-16)18-8-6-17(7-9-18)26-21(29)14-28-15-25-22-19-4-2-3-5-20(19)31-23(22)24(28)30/h2-9,15-16H,10-14H2,1H3,(H,26,29). The second-order valence-corrected chi connectivity index (χ2v) is 8.22. The average Bonchev–Trinajstić information content (AvgIpc) is 3.16. The maximum atomic E-state index is 12.8. The number of para-hydroxylation sites is 1. The number of hydrogen-bond donors (Lipinski definition) is 1. The molecule has 5 rings (SSSR count). The zero-order chi connectivity index (χ0) is 21.4. The van der Waals surface area contributed by atoms with Gasteiger partial charge in [-0.3, -0.25) is 14.2 Å². The van der Waals surface area contributed by atoms with Crippen LogP contribution in [0.4, 0.5) is 11.4 Å². The molecule has 1 saturated heterocycles. The maximum Gasteiger partial charge on any atom is 0.297 e. The van der Waals surface area contributed by atoms with Crippen LogP contribution >= 0.6 is 0 Å². The van der Waals surface area contributed by atoms with Crippen molar-refractivity contribution >= 4 is 39.4 Å². The van der Waals surface area contributed by atoms with Gasteiger partial charge in [-0.05, 0) is 55.2 Å². The molecule has 0 radical (unpaired) electrons. The number of piperidine rings is 1. The SMILES string of the molecule is CC1CCN(c2ccc(NC(=O)Cn3cnc4c(oc5ccccc54)c3=O)cc2)CC1. The van der Waals surface area contributed by atoms with Crippen molar-refractivity contribution in [2.24, 2.45) is 5.92 Å². The number of fused-ring (bicyclic) bond motifs is 3. The topological polar surface area (TPSA) is 80.4 Å². The lowest BCUT2D eigenvalue weighted by atomic mass is 9.99. The van der Waals surface area contributed by atoms with Crippen molar-refractivity contribution in [1.29, 1.82) is 0 Å². The van der Waals surface area contributed by atoms with Gasteiger partial charge in [0.1, 0.15) is 17.6 Å². The fraction of sp³-hybridized carbons (Fsp3) is 0.292. The summed E-state index contributed by atoms with van der Waals surface area (Å²) in [5, 5.41) is 3.64. The minimum atomic E-state index is -0.369. The number of amides is 1. The molecule has 0 aliphatic carbocycles. The molecule has 0 saturated carbocycles. The van der Waals surface area contributed by atoms with E-state index in [1.807, 2.05) is 42.5 Å². The summed E-state index contributed by atoms with van der Waals surface area (Å²) in [7, 11) is 0. The Morgan fingerprint density at radius 3 is 2.65 bits per heavy atom. The van der Waals surface area contributed by atoms with Crippen LogP contribution in [-0.2, 0) is 11.3 Å². The molecule has 2 aromatic carbocycles. The van der Waals surface area contributed by atoms with Gasteiger partial charge in [-0.2, -0.15) is 0 Å². The number of furan rings is 1. The fourth-order valence-corrected chi connectivity index (χ4v) is 4.11. The Kier molecular flexibility index (Phi) is 4.94. The summed E-state index contributed by atoms with van der Waals surface area (Å²) in [5.41, 5.74) is 2.78. The molecule has 7 heteroatoms. The van der Waals surface area contributed by atoms with Crippen molar-refractivity contribution in [2.75, 3.05) is 23.3 Å². The Hall–Kier alpha value is -3.61. The van der Waals surface area contributed by atoms with Crippen LogP contribution in [-0.4, -0.2) is 28.5 Å². The number of carbonyl (C=O) groups excluding carboxylic acids is 1. The molecule has 3 heterocycles. The maximum absolute atomic E-state index is 12.8. The van der Waals surface area contributed by atoms with E-state index in [2.05, 4.69) is 22.1 Å². The predicted molar refractivity (Wildman–Crippen MR) is 121 cm³/mol. The van der Waals surface area contributed by atoms with Crippen molar-refractivity contribution in [3.05, 3.63) is 65.2 Å². The van der Waals surface area contributed by atoms with E-state index in [0.717, 1.165) is 24.4 Å². The number of rotatable bonds is 4. The van der Waals surface area contributed by atoms with Crippen LogP contribution in [0.25, 0.3) is 22.1 Å². The van der Waals surface area contributed by atoms with Gasteiger partial charge >= 0.3 is 0 Å². The van der Waals surface area contributed by atoms with Crippen LogP contribution in [0.3, 0.4) is 0 Å². The van der Waals surface area contributed by atoms with Gasteiger partial charge in [0.25, 0.3) is 5.56 Å². The predicted octanol–water partition coefficient (Wildman–Crippen LogP) is 4.02. The molecule has 0 unspecified atom stereocenters. The van der Waals surface area contributed by atoms with Crippen molar-refractivity contribution in [3.63, 3.8) is 0 Å². The van der Waals surface area contributed by atoms with E-state index >= 15 is 0 Å². The van der Waals surface area contributed by atoms with Gasteiger partial charge < -0.3 is 14.6 Å². The lowest BCUT2D eigenvalue weighted by Gasteiger charge is -2.32. The highest BCUT2D eigenvalue weighted by molar-refractivity contribution is 6.01. The Balaban J connectivity index is 1.29. The summed E-state index contributed by atoms with van der Waals surface area (Å²) in [6, 6.07) is 15.2. The van der Waals surface area contributed by atoms with Crippen LogP contribution < -0.4 is 15.8 Å². The smallest absolute Gasteiger partial charge is 0.297 e. The second kappa shape index (κ2) is 7.91. The van der Waals surface area contributed by atoms with E-state index < -0.39 is 0 Å². The van der Waals surface area contributed by atoms with Crippen LogP contribution in [0.2, 0.25) is 0 Å². The minimum absolute atomic E-state index is 0.134. The molecule has 1 amide bonds. The first-order valence-electron chi connectivity index (χ1n) is 10.6. The van der Waals surface area contributed by atoms with Crippen LogP contribution in [0.15, 0.2) is 64.1 Å². The van der Waals surface area contributed by atoms with Gasteiger partial charge in [-0.25, -0.2) is 4.98 Å². The summed E-state index contributed by atoms with van der Waals surface area (Å²) in [6.07, 6.45) is 3.81. The number of aromatic nitrogens is 2. The highest BCUT2D eigenvalue weighted by Crippen LogP contribution is 2.25. The van der Waals surface area contributed by atoms with Crippen LogP contribution in [0.1, 0.15) is 19.8 Å². The first-order valence-corrected chi connectivity index (χ1v) is 10.6. The van der Waals surface area contributed by atoms with E-state index in [9.17, 15) is 9.59 Å². The van der Waals surface area contributed by atoms with Gasteiger partial charge in [0, 0.05) is 29.9 Å². The lowest BCUT2D eigenvalue weighted by molar-refractivity contribution is -0.116. The molecule has 7 nitrogen and oxygen atoms in total. The van der Waals surface area contributed by atoms with Crippen LogP contribution in [0, 0.1) is 5.92 Å². The molecule has 1 N–H and O–H groups in total. The second-order valence-electron chi connectivity index (χ2n) is 8.22. The van der Waals surface area contributed by atoms with E-state index in [-0.39, 0.29) is 23.6 Å². The third-order valence-electron chi connectivity index (χ3n) is 5.96. The Morgan fingerprint density at radius 1 is 1.13 bits per heavy atom.